The number of methoxy groups -OCH3 is 1. The summed E-state index contributed by atoms with van der Waals surface area (Å²) in [6.07, 6.45) is 2.44. The molecule has 1 aromatic heterocycles. The summed E-state index contributed by atoms with van der Waals surface area (Å²) in [7, 11) is -1.33. The number of ether oxygens (including phenoxy) is 1. The van der Waals surface area contributed by atoms with E-state index < -0.39 is 21.8 Å². The molecule has 2 aromatic rings. The van der Waals surface area contributed by atoms with Gasteiger partial charge in [0.05, 0.1) is 18.6 Å². The summed E-state index contributed by atoms with van der Waals surface area (Å²) in [5, 5.41) is 10.8. The Hall–Kier alpha value is -2.10. The van der Waals surface area contributed by atoms with E-state index in [1.165, 1.54) is 0 Å². The van der Waals surface area contributed by atoms with Gasteiger partial charge in [-0.15, -0.1) is 0 Å². The van der Waals surface area contributed by atoms with Gasteiger partial charge in [0.25, 0.3) is 0 Å². The second-order valence-electron chi connectivity index (χ2n) is 7.53. The number of nitrogens with one attached hydrogen (secondary N) is 1. The van der Waals surface area contributed by atoms with E-state index in [1.54, 1.807) is 13.3 Å². The average Bonchev–Trinajstić information content (AvgIpc) is 3.25. The number of sulfone groups is 1. The molecular formula is C19H25N3O5S. The van der Waals surface area contributed by atoms with Crippen LogP contribution in [-0.2, 0) is 14.6 Å². The van der Waals surface area contributed by atoms with Gasteiger partial charge in [0.2, 0.25) is 0 Å². The molecule has 0 amide bonds. The number of nitrogens with zero attached hydrogens (tertiary/aromatic N) is 2. The van der Waals surface area contributed by atoms with E-state index in [9.17, 15) is 18.3 Å². The molecule has 2 fully saturated rings. The maximum atomic E-state index is 12.1. The van der Waals surface area contributed by atoms with Crippen molar-refractivity contribution in [1.82, 2.24) is 14.8 Å². The molecule has 0 aliphatic carbocycles. The number of aliphatic carboxylic acids is 1. The van der Waals surface area contributed by atoms with Crippen molar-refractivity contribution >= 4 is 26.7 Å². The molecule has 8 nitrogen and oxygen atoms in total. The molecule has 0 radical (unpaired) electrons. The Bertz CT molecular complexity index is 979. The van der Waals surface area contributed by atoms with Gasteiger partial charge in [0.15, 0.2) is 9.84 Å². The van der Waals surface area contributed by atoms with Crippen LogP contribution >= 0.6 is 0 Å². The highest BCUT2D eigenvalue weighted by molar-refractivity contribution is 7.91. The summed E-state index contributed by atoms with van der Waals surface area (Å²) in [6.45, 7) is 2.53. The molecule has 2 aliphatic rings. The van der Waals surface area contributed by atoms with Crippen molar-refractivity contribution in [1.29, 1.82) is 0 Å². The Kier molecular flexibility index (Phi) is 5.07. The van der Waals surface area contributed by atoms with Crippen molar-refractivity contribution in [2.75, 3.05) is 44.8 Å². The van der Waals surface area contributed by atoms with Crippen LogP contribution in [0.15, 0.2) is 24.4 Å². The third kappa shape index (κ3) is 3.61. The second-order valence-corrected chi connectivity index (χ2v) is 9.75. The van der Waals surface area contributed by atoms with E-state index in [0.717, 1.165) is 16.5 Å². The van der Waals surface area contributed by atoms with Gasteiger partial charge >= 0.3 is 5.97 Å². The highest BCUT2D eigenvalue weighted by Gasteiger charge is 2.37. The highest BCUT2D eigenvalue weighted by Crippen LogP contribution is 2.32. The number of hydrogen-bond donors (Lipinski definition) is 2. The molecular weight excluding hydrogens is 382 g/mol. The number of piperazine rings is 1. The highest BCUT2D eigenvalue weighted by atomic mass is 32.2. The van der Waals surface area contributed by atoms with E-state index in [4.69, 9.17) is 4.74 Å². The average molecular weight is 407 g/mol. The Labute approximate surface area is 164 Å². The standard InChI is InChI=1S/C19H25N3O5S/c1-27-14-2-3-17-15(10-14)16(11-20-17)18(19(23)24)22-7-5-21(6-8-22)13-4-9-28(25,26)12-13/h2-3,10-11,13,18,20H,4-9,12H2,1H3,(H,23,24). The first-order valence-electron chi connectivity index (χ1n) is 9.44. The van der Waals surface area contributed by atoms with Crippen LogP contribution in [0.2, 0.25) is 0 Å². The fourth-order valence-corrected chi connectivity index (χ4v) is 6.15. The van der Waals surface area contributed by atoms with Gasteiger partial charge in [0.1, 0.15) is 11.8 Å². The molecule has 0 saturated carbocycles. The third-order valence-electron chi connectivity index (χ3n) is 5.89. The van der Waals surface area contributed by atoms with Crippen LogP contribution in [0.5, 0.6) is 5.75 Å². The number of carboxylic acid groups (broad SMARTS) is 1. The molecule has 3 heterocycles. The van der Waals surface area contributed by atoms with Crippen LogP contribution in [0.3, 0.4) is 0 Å². The molecule has 1 aromatic carbocycles. The van der Waals surface area contributed by atoms with Gasteiger partial charge in [-0.3, -0.25) is 14.6 Å². The minimum atomic E-state index is -2.92. The van der Waals surface area contributed by atoms with Crippen LogP contribution in [0, 0.1) is 0 Å². The van der Waals surface area contributed by atoms with Crippen LogP contribution < -0.4 is 4.74 Å². The van der Waals surface area contributed by atoms with Crippen molar-refractivity contribution in [2.24, 2.45) is 0 Å². The number of carboxylic acids is 1. The fraction of sp³-hybridized carbons (Fsp3) is 0.526. The lowest BCUT2D eigenvalue weighted by Gasteiger charge is -2.39. The summed E-state index contributed by atoms with van der Waals surface area (Å²) in [6, 6.07) is 4.89. The lowest BCUT2D eigenvalue weighted by Crippen LogP contribution is -2.52. The fourth-order valence-electron chi connectivity index (χ4n) is 4.38. The molecule has 0 bridgehead atoms. The largest absolute Gasteiger partial charge is 0.497 e. The zero-order valence-electron chi connectivity index (χ0n) is 15.8. The second kappa shape index (κ2) is 7.38. The number of aromatic nitrogens is 1. The van der Waals surface area contributed by atoms with E-state index in [2.05, 4.69) is 9.88 Å². The molecule has 2 aliphatic heterocycles. The van der Waals surface area contributed by atoms with Crippen molar-refractivity contribution in [3.63, 3.8) is 0 Å². The molecule has 4 rings (SSSR count). The summed E-state index contributed by atoms with van der Waals surface area (Å²) in [4.78, 5) is 19.4. The molecule has 28 heavy (non-hydrogen) atoms. The van der Waals surface area contributed by atoms with Gasteiger partial charge in [-0.2, -0.15) is 0 Å². The number of hydrogen-bond acceptors (Lipinski definition) is 6. The van der Waals surface area contributed by atoms with Crippen LogP contribution in [-0.4, -0.2) is 85.1 Å². The smallest absolute Gasteiger partial charge is 0.325 e. The topological polar surface area (TPSA) is 103 Å². The molecule has 2 unspecified atom stereocenters. The molecule has 2 N–H and O–H groups in total. The number of H-pyrrole nitrogens is 1. The van der Waals surface area contributed by atoms with E-state index in [-0.39, 0.29) is 17.5 Å². The molecule has 2 saturated heterocycles. The van der Waals surface area contributed by atoms with Crippen molar-refractivity contribution in [2.45, 2.75) is 18.5 Å². The maximum Gasteiger partial charge on any atom is 0.325 e. The summed E-state index contributed by atoms with van der Waals surface area (Å²) < 4.78 is 28.8. The Morgan fingerprint density at radius 3 is 2.64 bits per heavy atom. The number of benzene rings is 1. The lowest BCUT2D eigenvalue weighted by molar-refractivity contribution is -0.144. The third-order valence-corrected chi connectivity index (χ3v) is 7.64. The Morgan fingerprint density at radius 2 is 2.04 bits per heavy atom. The van der Waals surface area contributed by atoms with Gasteiger partial charge < -0.3 is 14.8 Å². The predicted molar refractivity (Wildman–Crippen MR) is 105 cm³/mol. The van der Waals surface area contributed by atoms with Crippen molar-refractivity contribution in [3.05, 3.63) is 30.0 Å². The first-order valence-corrected chi connectivity index (χ1v) is 11.3. The normalized spacial score (nSPS) is 24.4. The maximum absolute atomic E-state index is 12.1. The Morgan fingerprint density at radius 1 is 1.29 bits per heavy atom. The van der Waals surface area contributed by atoms with E-state index >= 15 is 0 Å². The van der Waals surface area contributed by atoms with Crippen LogP contribution in [0.1, 0.15) is 18.0 Å². The minimum absolute atomic E-state index is 0.0628. The zero-order valence-corrected chi connectivity index (χ0v) is 16.6. The number of rotatable bonds is 5. The zero-order chi connectivity index (χ0) is 19.9. The van der Waals surface area contributed by atoms with Crippen LogP contribution in [0.4, 0.5) is 0 Å². The van der Waals surface area contributed by atoms with Crippen molar-refractivity contribution in [3.8, 4) is 5.75 Å². The van der Waals surface area contributed by atoms with Crippen LogP contribution in [0.25, 0.3) is 10.9 Å². The summed E-state index contributed by atoms with van der Waals surface area (Å²) in [5.74, 6) is 0.273. The monoisotopic (exact) mass is 407 g/mol. The SMILES string of the molecule is COc1ccc2[nH]cc(C(C(=O)O)N3CCN(C4CCS(=O)(=O)C4)CC3)c2c1. The van der Waals surface area contributed by atoms with Gasteiger partial charge in [-0.05, 0) is 24.6 Å². The molecule has 2 atom stereocenters. The van der Waals surface area contributed by atoms with Crippen molar-refractivity contribution < 1.29 is 23.1 Å². The minimum Gasteiger partial charge on any atom is -0.497 e. The van der Waals surface area contributed by atoms with Gasteiger partial charge in [-0.1, -0.05) is 0 Å². The first kappa shape index (κ1) is 19.2. The first-order chi connectivity index (χ1) is 13.4. The number of fused-ring (bicyclic) bond motifs is 1. The number of carbonyl (C=O) groups is 1. The van der Waals surface area contributed by atoms with Gasteiger partial charge in [-0.25, -0.2) is 8.42 Å². The molecule has 0 spiro atoms. The predicted octanol–water partition coefficient (Wildman–Crippen LogP) is 1.11. The molecule has 152 valence electrons. The number of aromatic amines is 1. The Balaban J connectivity index is 1.53. The van der Waals surface area contributed by atoms with E-state index in [0.29, 0.717) is 38.3 Å². The molecule has 9 heteroatoms. The van der Waals surface area contributed by atoms with Gasteiger partial charge in [0, 0.05) is 54.9 Å². The van der Waals surface area contributed by atoms with E-state index in [1.807, 2.05) is 23.1 Å². The summed E-state index contributed by atoms with van der Waals surface area (Å²) in [5.41, 5.74) is 1.59. The summed E-state index contributed by atoms with van der Waals surface area (Å²) >= 11 is 0. The lowest BCUT2D eigenvalue weighted by atomic mass is 10.0. The quantitative estimate of drug-likeness (QED) is 0.765.